The summed E-state index contributed by atoms with van der Waals surface area (Å²) in [6.45, 7) is 3.80. The molecule has 8 nitrogen and oxygen atoms in total. The Morgan fingerprint density at radius 2 is 2.08 bits per heavy atom. The third-order valence-corrected chi connectivity index (χ3v) is 4.95. The van der Waals surface area contributed by atoms with Crippen molar-refractivity contribution in [3.63, 3.8) is 0 Å². The molecule has 0 aliphatic carbocycles. The molecule has 0 unspecified atom stereocenters. The minimum absolute atomic E-state index is 0.236. The number of aromatic nitrogens is 1. The van der Waals surface area contributed by atoms with Gasteiger partial charge in [0.15, 0.2) is 0 Å². The summed E-state index contributed by atoms with van der Waals surface area (Å²) in [7, 11) is 0. The van der Waals surface area contributed by atoms with Gasteiger partial charge in [0.2, 0.25) is 0 Å². The summed E-state index contributed by atoms with van der Waals surface area (Å²) in [6.07, 6.45) is 1.74. The maximum Gasteiger partial charge on any atom is 0.317 e. The Morgan fingerprint density at radius 1 is 1.32 bits per heavy atom. The van der Waals surface area contributed by atoms with Crippen LogP contribution in [0.3, 0.4) is 0 Å². The number of thiophene rings is 1. The number of amides is 3. The second-order valence-electron chi connectivity index (χ2n) is 5.59. The summed E-state index contributed by atoms with van der Waals surface area (Å²) in [4.78, 5) is 30.4. The van der Waals surface area contributed by atoms with Crippen LogP contribution in [0, 0.1) is 0 Å². The Labute approximate surface area is 148 Å². The van der Waals surface area contributed by atoms with Gasteiger partial charge in [-0.2, -0.15) is 0 Å². The fourth-order valence-corrected chi connectivity index (χ4v) is 3.78. The SMILES string of the molecule is NC(=O)Nc1sc(-c2cccnc2CN2CCOCC2)cc1C(N)=O. The molecule has 132 valence electrons. The van der Waals surface area contributed by atoms with Gasteiger partial charge >= 0.3 is 6.03 Å². The van der Waals surface area contributed by atoms with E-state index in [1.807, 2.05) is 12.1 Å². The van der Waals surface area contributed by atoms with Crippen LogP contribution in [0.25, 0.3) is 10.4 Å². The van der Waals surface area contributed by atoms with E-state index in [1.54, 1.807) is 12.3 Å². The van der Waals surface area contributed by atoms with E-state index >= 15 is 0 Å². The molecule has 0 atom stereocenters. The summed E-state index contributed by atoms with van der Waals surface area (Å²) >= 11 is 1.25. The number of morpholine rings is 1. The number of nitrogens with one attached hydrogen (secondary N) is 1. The first kappa shape index (κ1) is 17.3. The van der Waals surface area contributed by atoms with Crippen molar-refractivity contribution in [2.75, 3.05) is 31.6 Å². The van der Waals surface area contributed by atoms with Gasteiger partial charge in [0.25, 0.3) is 5.91 Å². The van der Waals surface area contributed by atoms with E-state index < -0.39 is 11.9 Å². The van der Waals surface area contributed by atoms with Crippen molar-refractivity contribution >= 4 is 28.3 Å². The molecule has 1 aliphatic heterocycles. The normalized spacial score (nSPS) is 15.0. The predicted octanol–water partition coefficient (Wildman–Crippen LogP) is 1.23. The quantitative estimate of drug-likeness (QED) is 0.739. The number of primary amides is 2. The lowest BCUT2D eigenvalue weighted by molar-refractivity contribution is 0.0337. The van der Waals surface area contributed by atoms with Gasteiger partial charge < -0.3 is 16.2 Å². The van der Waals surface area contributed by atoms with Gasteiger partial charge in [0.05, 0.1) is 24.5 Å². The van der Waals surface area contributed by atoms with Crippen LogP contribution in [0.4, 0.5) is 9.80 Å². The smallest absolute Gasteiger partial charge is 0.317 e. The average Bonchev–Trinajstić information content (AvgIpc) is 2.99. The second-order valence-corrected chi connectivity index (χ2v) is 6.65. The zero-order valence-corrected chi connectivity index (χ0v) is 14.3. The molecule has 0 spiro atoms. The molecular formula is C16H19N5O3S. The van der Waals surface area contributed by atoms with Crippen molar-refractivity contribution in [3.05, 3.63) is 35.7 Å². The van der Waals surface area contributed by atoms with E-state index in [0.29, 0.717) is 24.8 Å². The Hall–Kier alpha value is -2.49. The molecule has 3 amide bonds. The molecule has 0 aromatic carbocycles. The second kappa shape index (κ2) is 7.60. The summed E-state index contributed by atoms with van der Waals surface area (Å²) in [5, 5.41) is 2.80. The number of rotatable bonds is 5. The fraction of sp³-hybridized carbons (Fsp3) is 0.312. The fourth-order valence-electron chi connectivity index (χ4n) is 2.67. The highest BCUT2D eigenvalue weighted by atomic mass is 32.1. The highest BCUT2D eigenvalue weighted by Gasteiger charge is 2.19. The molecule has 0 saturated carbocycles. The zero-order valence-electron chi connectivity index (χ0n) is 13.5. The van der Waals surface area contributed by atoms with Crippen LogP contribution in [0.2, 0.25) is 0 Å². The molecule has 2 aromatic rings. The van der Waals surface area contributed by atoms with Crippen LogP contribution in [0.5, 0.6) is 0 Å². The topological polar surface area (TPSA) is 124 Å². The van der Waals surface area contributed by atoms with Crippen LogP contribution in [-0.4, -0.2) is 48.1 Å². The van der Waals surface area contributed by atoms with Gasteiger partial charge in [-0.15, -0.1) is 11.3 Å². The Morgan fingerprint density at radius 3 is 2.76 bits per heavy atom. The minimum Gasteiger partial charge on any atom is -0.379 e. The highest BCUT2D eigenvalue weighted by molar-refractivity contribution is 7.20. The number of anilines is 1. The van der Waals surface area contributed by atoms with Crippen LogP contribution in [0.15, 0.2) is 24.4 Å². The lowest BCUT2D eigenvalue weighted by Gasteiger charge is -2.26. The Balaban J connectivity index is 1.93. The van der Waals surface area contributed by atoms with Crippen molar-refractivity contribution in [3.8, 4) is 10.4 Å². The van der Waals surface area contributed by atoms with Gasteiger partial charge in [-0.1, -0.05) is 6.07 Å². The predicted molar refractivity (Wildman–Crippen MR) is 95.4 cm³/mol. The van der Waals surface area contributed by atoms with Crippen LogP contribution < -0.4 is 16.8 Å². The summed E-state index contributed by atoms with van der Waals surface area (Å²) in [5.74, 6) is -0.620. The molecule has 0 bridgehead atoms. The van der Waals surface area contributed by atoms with Crippen LogP contribution in [0.1, 0.15) is 16.1 Å². The minimum atomic E-state index is -0.740. The number of nitrogens with two attached hydrogens (primary N) is 2. The standard InChI is InChI=1S/C16H19N5O3S/c17-14(22)11-8-13(25-15(11)20-16(18)23)10-2-1-3-19-12(10)9-21-4-6-24-7-5-21/h1-3,8H,4-7,9H2,(H2,17,22)(H3,18,20,23). The van der Waals surface area contributed by atoms with Crippen LogP contribution >= 0.6 is 11.3 Å². The number of carbonyl (C=O) groups is 2. The van der Waals surface area contributed by atoms with E-state index in [0.717, 1.165) is 29.2 Å². The molecule has 2 aromatic heterocycles. The van der Waals surface area contributed by atoms with Crippen molar-refractivity contribution in [2.24, 2.45) is 11.5 Å². The molecule has 1 saturated heterocycles. The molecule has 3 heterocycles. The third-order valence-electron chi connectivity index (χ3n) is 3.87. The molecule has 1 fully saturated rings. The van der Waals surface area contributed by atoms with Gasteiger partial charge in [-0.3, -0.25) is 20.0 Å². The monoisotopic (exact) mass is 361 g/mol. The summed E-state index contributed by atoms with van der Waals surface area (Å²) in [6, 6.07) is 4.70. The van der Waals surface area contributed by atoms with Gasteiger partial charge in [0.1, 0.15) is 5.00 Å². The van der Waals surface area contributed by atoms with Crippen molar-refractivity contribution in [1.29, 1.82) is 0 Å². The highest BCUT2D eigenvalue weighted by Crippen LogP contribution is 2.36. The number of nitrogens with zero attached hydrogens (tertiary/aromatic N) is 2. The Bertz CT molecular complexity index is 786. The lowest BCUT2D eigenvalue weighted by Crippen LogP contribution is -2.36. The summed E-state index contributed by atoms with van der Waals surface area (Å²) < 4.78 is 5.37. The largest absolute Gasteiger partial charge is 0.379 e. The number of hydrogen-bond donors (Lipinski definition) is 3. The first-order chi connectivity index (χ1) is 12.0. The molecule has 9 heteroatoms. The summed E-state index contributed by atoms with van der Waals surface area (Å²) in [5.41, 5.74) is 12.6. The molecule has 3 rings (SSSR count). The maximum absolute atomic E-state index is 11.6. The molecular weight excluding hydrogens is 342 g/mol. The number of urea groups is 1. The van der Waals surface area contributed by atoms with Crippen molar-refractivity contribution in [1.82, 2.24) is 9.88 Å². The first-order valence-electron chi connectivity index (χ1n) is 7.79. The number of carbonyl (C=O) groups excluding carboxylic acids is 2. The number of ether oxygens (including phenoxy) is 1. The number of hydrogen-bond acceptors (Lipinski definition) is 6. The number of pyridine rings is 1. The van der Waals surface area contributed by atoms with Crippen molar-refractivity contribution in [2.45, 2.75) is 6.54 Å². The van der Waals surface area contributed by atoms with E-state index in [4.69, 9.17) is 16.2 Å². The first-order valence-corrected chi connectivity index (χ1v) is 8.60. The lowest BCUT2D eigenvalue weighted by atomic mass is 10.1. The molecule has 0 radical (unpaired) electrons. The average molecular weight is 361 g/mol. The van der Waals surface area contributed by atoms with Crippen molar-refractivity contribution < 1.29 is 14.3 Å². The third kappa shape index (κ3) is 4.13. The zero-order chi connectivity index (χ0) is 17.8. The van der Waals surface area contributed by atoms with Gasteiger partial charge in [-0.25, -0.2) is 4.79 Å². The van der Waals surface area contributed by atoms with Crippen LogP contribution in [-0.2, 0) is 11.3 Å². The van der Waals surface area contributed by atoms with E-state index in [9.17, 15) is 9.59 Å². The van der Waals surface area contributed by atoms with Gasteiger partial charge in [0, 0.05) is 36.3 Å². The molecule has 25 heavy (non-hydrogen) atoms. The maximum atomic E-state index is 11.6. The van der Waals surface area contributed by atoms with E-state index in [1.165, 1.54) is 11.3 Å². The molecule has 5 N–H and O–H groups in total. The Kier molecular flexibility index (Phi) is 5.27. The van der Waals surface area contributed by atoms with E-state index in [2.05, 4.69) is 15.2 Å². The van der Waals surface area contributed by atoms with E-state index in [-0.39, 0.29) is 5.56 Å². The van der Waals surface area contributed by atoms with Gasteiger partial charge in [-0.05, 0) is 12.1 Å². The molecule has 1 aliphatic rings.